The van der Waals surface area contributed by atoms with E-state index in [1.165, 1.54) is 0 Å². The van der Waals surface area contributed by atoms with Crippen molar-refractivity contribution in [3.63, 3.8) is 0 Å². The molecule has 3 N–H and O–H groups in total. The van der Waals surface area contributed by atoms with Gasteiger partial charge in [0.05, 0.1) is 19.4 Å². The Morgan fingerprint density at radius 3 is 2.59 bits per heavy atom. The van der Waals surface area contributed by atoms with Crippen molar-refractivity contribution in [1.29, 1.82) is 0 Å². The number of rotatable bonds is 5. The van der Waals surface area contributed by atoms with Crippen molar-refractivity contribution >= 4 is 29.6 Å². The van der Waals surface area contributed by atoms with Crippen molar-refractivity contribution < 1.29 is 38.6 Å². The number of nitrogens with two attached hydrogens (primary N) is 1. The van der Waals surface area contributed by atoms with E-state index in [4.69, 9.17) is 20.4 Å². The summed E-state index contributed by atoms with van der Waals surface area (Å²) >= 11 is 0. The second kappa shape index (κ2) is 7.21. The maximum atomic E-state index is 12.9. The van der Waals surface area contributed by atoms with Gasteiger partial charge in [0.2, 0.25) is 5.91 Å². The highest BCUT2D eigenvalue weighted by molar-refractivity contribution is 6.02. The first kappa shape index (κ1) is 18.6. The van der Waals surface area contributed by atoms with E-state index in [0.717, 1.165) is 4.90 Å². The number of hydroxylamine groups is 2. The number of para-hydroxylation sites is 1. The number of hydrogen-bond donors (Lipinski definition) is 2. The van der Waals surface area contributed by atoms with Crippen LogP contribution in [0.1, 0.15) is 12.8 Å². The minimum Gasteiger partial charge on any atom is -0.450 e. The van der Waals surface area contributed by atoms with Gasteiger partial charge in [-0.25, -0.2) is 4.79 Å². The third kappa shape index (κ3) is 3.41. The number of hydrogen-bond acceptors (Lipinski definition) is 8. The number of cyclic esters (lactones) is 1. The van der Waals surface area contributed by atoms with E-state index >= 15 is 0 Å². The normalized spacial score (nSPS) is 24.6. The fourth-order valence-electron chi connectivity index (χ4n) is 2.98. The van der Waals surface area contributed by atoms with Gasteiger partial charge in [-0.3, -0.25) is 24.1 Å². The van der Waals surface area contributed by atoms with Crippen LogP contribution in [0.15, 0.2) is 30.3 Å². The number of carbonyl (C=O) groups excluding carboxylic acids is 3. The second-order valence-corrected chi connectivity index (χ2v) is 5.80. The Labute approximate surface area is 153 Å². The molecule has 0 radical (unpaired) electrons. The number of ether oxygens (including phenoxy) is 2. The summed E-state index contributed by atoms with van der Waals surface area (Å²) in [6.07, 6.45) is -2.13. The van der Waals surface area contributed by atoms with Gasteiger partial charge in [0, 0.05) is 5.69 Å². The van der Waals surface area contributed by atoms with Gasteiger partial charge in [-0.05, 0) is 12.1 Å². The molecule has 0 aliphatic carbocycles. The third-order valence-corrected chi connectivity index (χ3v) is 4.11. The Bertz CT molecular complexity index is 770. The fourth-order valence-corrected chi connectivity index (χ4v) is 2.98. The van der Waals surface area contributed by atoms with Gasteiger partial charge in [-0.2, -0.15) is 0 Å². The molecule has 11 heteroatoms. The Balaban J connectivity index is 1.91. The van der Waals surface area contributed by atoms with Gasteiger partial charge in [-0.1, -0.05) is 18.2 Å². The van der Waals surface area contributed by atoms with Crippen LogP contribution in [-0.4, -0.2) is 59.2 Å². The van der Waals surface area contributed by atoms with Gasteiger partial charge in [0.15, 0.2) is 0 Å². The monoisotopic (exact) mass is 379 g/mol. The molecule has 1 aromatic carbocycles. The van der Waals surface area contributed by atoms with Crippen molar-refractivity contribution in [3.8, 4) is 0 Å². The number of carboxylic acid groups (broad SMARTS) is 1. The number of amides is 2. The molecule has 2 fully saturated rings. The molecule has 0 spiro atoms. The van der Waals surface area contributed by atoms with Crippen molar-refractivity contribution in [3.05, 3.63) is 30.3 Å². The first-order chi connectivity index (χ1) is 12.9. The molecule has 2 heterocycles. The van der Waals surface area contributed by atoms with E-state index in [9.17, 15) is 19.2 Å². The summed E-state index contributed by atoms with van der Waals surface area (Å²) < 4.78 is 9.61. The van der Waals surface area contributed by atoms with Crippen molar-refractivity contribution in [1.82, 2.24) is 5.06 Å². The Hall–Kier alpha value is -3.18. The number of nitrogens with zero attached hydrogens (tertiary/aromatic N) is 2. The lowest BCUT2D eigenvalue weighted by atomic mass is 10.2. The van der Waals surface area contributed by atoms with Crippen LogP contribution in [-0.2, 0) is 28.7 Å². The molecule has 0 bridgehead atoms. The molecule has 1 unspecified atom stereocenters. The minimum atomic E-state index is -2.22. The molecule has 2 saturated heterocycles. The fraction of sp³-hybridized carbons (Fsp3) is 0.375. The van der Waals surface area contributed by atoms with Crippen LogP contribution >= 0.6 is 0 Å². The van der Waals surface area contributed by atoms with Crippen LogP contribution in [0.4, 0.5) is 10.5 Å². The number of benzene rings is 1. The predicted molar refractivity (Wildman–Crippen MR) is 86.7 cm³/mol. The molecule has 2 amide bonds. The molecule has 2 atom stereocenters. The Morgan fingerprint density at radius 2 is 2.04 bits per heavy atom. The summed E-state index contributed by atoms with van der Waals surface area (Å²) in [7, 11) is 0. The van der Waals surface area contributed by atoms with Gasteiger partial charge in [0.1, 0.15) is 12.6 Å². The Kier molecular flexibility index (Phi) is 4.97. The van der Waals surface area contributed by atoms with Crippen LogP contribution < -0.4 is 10.6 Å². The molecule has 1 aromatic rings. The molecule has 2 aliphatic rings. The van der Waals surface area contributed by atoms with Crippen molar-refractivity contribution in [2.75, 3.05) is 18.1 Å². The van der Waals surface area contributed by atoms with Gasteiger partial charge >= 0.3 is 18.0 Å². The first-order valence-electron chi connectivity index (χ1n) is 8.06. The summed E-state index contributed by atoms with van der Waals surface area (Å²) in [6, 6.07) is 7.19. The summed E-state index contributed by atoms with van der Waals surface area (Å²) in [4.78, 5) is 54.3. The molecular weight excluding hydrogens is 362 g/mol. The molecule has 3 rings (SSSR count). The highest BCUT2D eigenvalue weighted by Crippen LogP contribution is 2.36. The SMILES string of the molecule is NCC(=O)N(c1ccccc1)[C@H]1CON(C2(OC(=O)O)CCC(=O)O2)C1=O. The van der Waals surface area contributed by atoms with Crippen LogP contribution in [0.25, 0.3) is 0 Å². The summed E-state index contributed by atoms with van der Waals surface area (Å²) in [6.45, 7) is -0.647. The summed E-state index contributed by atoms with van der Waals surface area (Å²) in [5, 5.41) is 9.53. The van der Waals surface area contributed by atoms with Crippen LogP contribution in [0.2, 0.25) is 0 Å². The molecular formula is C16H17N3O8. The summed E-state index contributed by atoms with van der Waals surface area (Å²) in [5.41, 5.74) is 5.87. The van der Waals surface area contributed by atoms with Crippen molar-refractivity contribution in [2.45, 2.75) is 24.8 Å². The average molecular weight is 379 g/mol. The predicted octanol–water partition coefficient (Wildman–Crippen LogP) is -0.194. The molecule has 2 aliphatic heterocycles. The second-order valence-electron chi connectivity index (χ2n) is 5.80. The summed E-state index contributed by atoms with van der Waals surface area (Å²) in [5.74, 6) is -4.30. The maximum absolute atomic E-state index is 12.9. The minimum absolute atomic E-state index is 0.158. The van der Waals surface area contributed by atoms with E-state index in [0.29, 0.717) is 10.8 Å². The maximum Gasteiger partial charge on any atom is 0.510 e. The van der Waals surface area contributed by atoms with Gasteiger partial charge < -0.3 is 20.3 Å². The Morgan fingerprint density at radius 1 is 1.33 bits per heavy atom. The molecule has 27 heavy (non-hydrogen) atoms. The van der Waals surface area contributed by atoms with E-state index < -0.39 is 35.9 Å². The number of anilines is 1. The van der Waals surface area contributed by atoms with Gasteiger partial charge in [0.25, 0.3) is 5.91 Å². The quantitative estimate of drug-likeness (QED) is 0.664. The standard InChI is InChI=1S/C16H17N3O8/c17-8-12(20)18(10-4-2-1-3-5-10)11-9-25-19(14(11)22)16(27-15(23)24)7-6-13(21)26-16/h1-5,11H,6-9,17H2,(H,23,24)/t11-,16?/m0/s1. The van der Waals surface area contributed by atoms with E-state index in [1.54, 1.807) is 30.3 Å². The lowest BCUT2D eigenvalue weighted by Gasteiger charge is -2.33. The highest BCUT2D eigenvalue weighted by atomic mass is 16.9. The smallest absolute Gasteiger partial charge is 0.450 e. The largest absolute Gasteiger partial charge is 0.510 e. The van der Waals surface area contributed by atoms with Gasteiger partial charge in [-0.15, -0.1) is 5.06 Å². The zero-order chi connectivity index (χ0) is 19.6. The van der Waals surface area contributed by atoms with Crippen LogP contribution in [0.5, 0.6) is 0 Å². The lowest BCUT2D eigenvalue weighted by Crippen LogP contribution is -2.55. The third-order valence-electron chi connectivity index (χ3n) is 4.11. The molecule has 11 nitrogen and oxygen atoms in total. The van der Waals surface area contributed by atoms with E-state index in [2.05, 4.69) is 4.74 Å². The highest BCUT2D eigenvalue weighted by Gasteiger charge is 2.58. The van der Waals surface area contributed by atoms with E-state index in [1.807, 2.05) is 0 Å². The van der Waals surface area contributed by atoms with E-state index in [-0.39, 0.29) is 26.0 Å². The number of esters is 1. The van der Waals surface area contributed by atoms with Crippen LogP contribution in [0.3, 0.4) is 0 Å². The van der Waals surface area contributed by atoms with Crippen molar-refractivity contribution in [2.24, 2.45) is 5.73 Å². The average Bonchev–Trinajstić information content (AvgIpc) is 3.19. The number of carbonyl (C=O) groups is 4. The molecule has 0 aromatic heterocycles. The zero-order valence-electron chi connectivity index (χ0n) is 14.1. The topological polar surface area (TPSA) is 149 Å². The molecule has 0 saturated carbocycles. The lowest BCUT2D eigenvalue weighted by molar-refractivity contribution is -0.337. The molecule has 144 valence electrons. The first-order valence-corrected chi connectivity index (χ1v) is 8.06. The zero-order valence-corrected chi connectivity index (χ0v) is 14.1. The van der Waals surface area contributed by atoms with Crippen LogP contribution in [0, 0.1) is 0 Å².